The molecule has 15 heavy (non-hydrogen) atoms. The van der Waals surface area contributed by atoms with Gasteiger partial charge in [-0.1, -0.05) is 18.2 Å². The molecule has 0 aliphatic carbocycles. The Labute approximate surface area is 86.1 Å². The highest BCUT2D eigenvalue weighted by Gasteiger charge is 2.17. The first-order chi connectivity index (χ1) is 7.31. The number of esters is 1. The number of carbonyl (C=O) groups excluding carboxylic acids is 1. The van der Waals surface area contributed by atoms with Crippen molar-refractivity contribution in [1.82, 2.24) is 0 Å². The zero-order chi connectivity index (χ0) is 10.7. The summed E-state index contributed by atoms with van der Waals surface area (Å²) in [5.74, 6) is 0.0429. The Morgan fingerprint density at radius 2 is 2.27 bits per heavy atom. The first-order valence-electron chi connectivity index (χ1n) is 4.47. The van der Waals surface area contributed by atoms with E-state index in [2.05, 4.69) is 4.74 Å². The van der Waals surface area contributed by atoms with E-state index in [-0.39, 0.29) is 6.61 Å². The lowest BCUT2D eigenvalue weighted by Crippen LogP contribution is -2.16. The molecule has 0 bridgehead atoms. The fourth-order valence-corrected chi connectivity index (χ4v) is 1.38. The van der Waals surface area contributed by atoms with Crippen LogP contribution in [0.25, 0.3) is 6.08 Å². The van der Waals surface area contributed by atoms with Crippen LogP contribution in [0.4, 0.5) is 4.39 Å². The lowest BCUT2D eigenvalue weighted by molar-refractivity contribution is -0.143. The minimum atomic E-state index is -1.11. The van der Waals surface area contributed by atoms with Crippen LogP contribution in [-0.4, -0.2) is 19.4 Å². The Morgan fingerprint density at radius 1 is 1.47 bits per heavy atom. The molecule has 78 valence electrons. The molecule has 2 rings (SSSR count). The van der Waals surface area contributed by atoms with Crippen LogP contribution in [0.3, 0.4) is 0 Å². The number of ether oxygens (including phenoxy) is 2. The van der Waals surface area contributed by atoms with Crippen LogP contribution in [0.15, 0.2) is 29.8 Å². The van der Waals surface area contributed by atoms with E-state index in [1.54, 1.807) is 6.08 Å². The monoisotopic (exact) mass is 208 g/mol. The number of fused-ring (bicyclic) bond motifs is 1. The van der Waals surface area contributed by atoms with Gasteiger partial charge in [0.05, 0.1) is 5.57 Å². The fraction of sp³-hybridized carbons (Fsp3) is 0.182. The Hall–Kier alpha value is -1.84. The highest BCUT2D eigenvalue weighted by Crippen LogP contribution is 2.25. The second kappa shape index (κ2) is 4.13. The van der Waals surface area contributed by atoms with Crippen LogP contribution in [0, 0.1) is 0 Å². The lowest BCUT2D eigenvalue weighted by Gasteiger charge is -2.16. The number of hydrogen-bond acceptors (Lipinski definition) is 3. The van der Waals surface area contributed by atoms with Crippen LogP contribution >= 0.6 is 0 Å². The van der Waals surface area contributed by atoms with Crippen molar-refractivity contribution in [3.05, 3.63) is 35.4 Å². The third kappa shape index (κ3) is 1.98. The molecule has 0 fully saturated rings. The molecular formula is C11H9FO3. The average Bonchev–Trinajstić information content (AvgIpc) is 2.29. The van der Waals surface area contributed by atoms with Gasteiger partial charge in [-0.2, -0.15) is 0 Å². The standard InChI is InChI=1S/C11H9FO3/c12-7-15-11(13)9-5-8-3-1-2-4-10(8)14-6-9/h1-5H,6-7H2. The van der Waals surface area contributed by atoms with Crippen LogP contribution in [0.2, 0.25) is 0 Å². The van der Waals surface area contributed by atoms with Gasteiger partial charge in [-0.3, -0.25) is 0 Å². The summed E-state index contributed by atoms with van der Waals surface area (Å²) in [6.45, 7) is -0.992. The second-order valence-electron chi connectivity index (χ2n) is 3.04. The van der Waals surface area contributed by atoms with Gasteiger partial charge in [0.2, 0.25) is 6.86 Å². The predicted molar refractivity (Wildman–Crippen MR) is 52.0 cm³/mol. The first kappa shape index (κ1) is 9.71. The van der Waals surface area contributed by atoms with E-state index in [1.165, 1.54) is 0 Å². The van der Waals surface area contributed by atoms with Crippen LogP contribution < -0.4 is 4.74 Å². The first-order valence-corrected chi connectivity index (χ1v) is 4.47. The number of carbonyl (C=O) groups is 1. The quantitative estimate of drug-likeness (QED) is 0.696. The summed E-state index contributed by atoms with van der Waals surface area (Å²) in [5.41, 5.74) is 1.13. The molecule has 0 amide bonds. The van der Waals surface area contributed by atoms with Gasteiger partial charge < -0.3 is 9.47 Å². The van der Waals surface area contributed by atoms with Crippen LogP contribution in [-0.2, 0) is 9.53 Å². The maximum atomic E-state index is 11.8. The maximum absolute atomic E-state index is 11.8. The Balaban J connectivity index is 2.25. The molecule has 0 atom stereocenters. The average molecular weight is 208 g/mol. The van der Waals surface area contributed by atoms with E-state index < -0.39 is 12.8 Å². The topological polar surface area (TPSA) is 35.5 Å². The summed E-state index contributed by atoms with van der Waals surface area (Å²) >= 11 is 0. The largest absolute Gasteiger partial charge is 0.488 e. The molecule has 0 radical (unpaired) electrons. The van der Waals surface area contributed by atoms with Crippen molar-refractivity contribution >= 4 is 12.0 Å². The molecular weight excluding hydrogens is 199 g/mol. The summed E-state index contributed by atoms with van der Waals surface area (Å²) in [7, 11) is 0. The molecule has 0 spiro atoms. The molecule has 0 unspecified atom stereocenters. The predicted octanol–water partition coefficient (Wildman–Crippen LogP) is 1.93. The fourth-order valence-electron chi connectivity index (χ4n) is 1.38. The summed E-state index contributed by atoms with van der Waals surface area (Å²) in [6, 6.07) is 7.31. The summed E-state index contributed by atoms with van der Waals surface area (Å²) in [4.78, 5) is 11.2. The summed E-state index contributed by atoms with van der Waals surface area (Å²) < 4.78 is 21.3. The Morgan fingerprint density at radius 3 is 3.07 bits per heavy atom. The van der Waals surface area contributed by atoms with Gasteiger partial charge in [0.15, 0.2) is 0 Å². The van der Waals surface area contributed by atoms with Gasteiger partial charge >= 0.3 is 5.97 Å². The Kier molecular flexibility index (Phi) is 2.67. The van der Waals surface area contributed by atoms with Gasteiger partial charge in [0, 0.05) is 5.56 Å². The zero-order valence-electron chi connectivity index (χ0n) is 7.90. The van der Waals surface area contributed by atoms with E-state index in [4.69, 9.17) is 4.74 Å². The summed E-state index contributed by atoms with van der Waals surface area (Å²) in [5, 5.41) is 0. The highest BCUT2D eigenvalue weighted by molar-refractivity contribution is 5.95. The van der Waals surface area contributed by atoms with E-state index in [9.17, 15) is 9.18 Å². The van der Waals surface area contributed by atoms with Gasteiger partial charge in [-0.15, -0.1) is 0 Å². The van der Waals surface area contributed by atoms with E-state index >= 15 is 0 Å². The molecule has 0 saturated heterocycles. The van der Waals surface area contributed by atoms with Crippen molar-refractivity contribution < 1.29 is 18.7 Å². The van der Waals surface area contributed by atoms with E-state index in [0.29, 0.717) is 11.3 Å². The van der Waals surface area contributed by atoms with Crippen molar-refractivity contribution in [2.24, 2.45) is 0 Å². The molecule has 4 heteroatoms. The van der Waals surface area contributed by atoms with Crippen molar-refractivity contribution in [3.63, 3.8) is 0 Å². The summed E-state index contributed by atoms with van der Waals surface area (Å²) in [6.07, 6.45) is 1.65. The normalized spacial score (nSPS) is 13.5. The van der Waals surface area contributed by atoms with Gasteiger partial charge in [0.1, 0.15) is 12.4 Å². The van der Waals surface area contributed by atoms with Gasteiger partial charge in [-0.05, 0) is 12.1 Å². The van der Waals surface area contributed by atoms with E-state index in [0.717, 1.165) is 5.56 Å². The van der Waals surface area contributed by atoms with Gasteiger partial charge in [-0.25, -0.2) is 9.18 Å². The number of para-hydroxylation sites is 1. The van der Waals surface area contributed by atoms with Crippen molar-refractivity contribution in [3.8, 4) is 5.75 Å². The number of halogens is 1. The van der Waals surface area contributed by atoms with Crippen molar-refractivity contribution in [2.75, 3.05) is 13.5 Å². The van der Waals surface area contributed by atoms with Crippen LogP contribution in [0.5, 0.6) is 5.75 Å². The molecule has 0 N–H and O–H groups in total. The maximum Gasteiger partial charge on any atom is 0.339 e. The van der Waals surface area contributed by atoms with Gasteiger partial charge in [0.25, 0.3) is 0 Å². The molecule has 3 nitrogen and oxygen atoms in total. The number of hydrogen-bond donors (Lipinski definition) is 0. The number of rotatable bonds is 2. The third-order valence-electron chi connectivity index (χ3n) is 2.08. The SMILES string of the molecule is O=C(OCF)C1=Cc2ccccc2OC1. The third-order valence-corrected chi connectivity index (χ3v) is 2.08. The highest BCUT2D eigenvalue weighted by atomic mass is 19.1. The lowest BCUT2D eigenvalue weighted by atomic mass is 10.1. The van der Waals surface area contributed by atoms with E-state index in [1.807, 2.05) is 24.3 Å². The molecule has 1 aromatic carbocycles. The zero-order valence-corrected chi connectivity index (χ0v) is 7.90. The van der Waals surface area contributed by atoms with Crippen molar-refractivity contribution in [1.29, 1.82) is 0 Å². The molecule has 0 aromatic heterocycles. The molecule has 1 aromatic rings. The smallest absolute Gasteiger partial charge is 0.339 e. The minimum absolute atomic E-state index is 0.121. The van der Waals surface area contributed by atoms with Crippen molar-refractivity contribution in [2.45, 2.75) is 0 Å². The number of alkyl halides is 1. The van der Waals surface area contributed by atoms with Crippen LogP contribution in [0.1, 0.15) is 5.56 Å². The molecule has 0 saturated carbocycles. The number of benzene rings is 1. The molecule has 1 aliphatic heterocycles. The molecule has 1 heterocycles. The minimum Gasteiger partial charge on any atom is -0.488 e. The molecule has 1 aliphatic rings. The Bertz CT molecular complexity index is 412. The second-order valence-corrected chi connectivity index (χ2v) is 3.04.